The minimum atomic E-state index is -3.99. The Labute approximate surface area is 122 Å². The number of aromatic nitrogens is 1. The summed E-state index contributed by atoms with van der Waals surface area (Å²) in [5.41, 5.74) is 8.26. The van der Waals surface area contributed by atoms with E-state index in [9.17, 15) is 12.8 Å². The molecule has 3 rings (SSSR count). The number of nitrogen functional groups attached to an aromatic ring is 1. The zero-order chi connectivity index (χ0) is 15.0. The predicted octanol–water partition coefficient (Wildman–Crippen LogP) is 1.77. The second-order valence-electron chi connectivity index (χ2n) is 4.96. The molecule has 1 aliphatic rings. The Morgan fingerprint density at radius 3 is 2.90 bits per heavy atom. The van der Waals surface area contributed by atoms with Crippen molar-refractivity contribution in [2.24, 2.45) is 0 Å². The minimum absolute atomic E-state index is 0.382. The Hall–Kier alpha value is -1.99. The zero-order valence-electron chi connectivity index (χ0n) is 11.1. The summed E-state index contributed by atoms with van der Waals surface area (Å²) < 4.78 is 40.6. The first-order valence-corrected chi connectivity index (χ1v) is 7.97. The quantitative estimate of drug-likeness (QED) is 0.846. The van der Waals surface area contributed by atoms with Gasteiger partial charge in [-0.15, -0.1) is 0 Å². The summed E-state index contributed by atoms with van der Waals surface area (Å²) in [5, 5.41) is -0.575. The average molecular weight is 307 g/mol. The summed E-state index contributed by atoms with van der Waals surface area (Å²) in [6.45, 7) is 0. The van der Waals surface area contributed by atoms with Gasteiger partial charge in [0.25, 0.3) is 10.0 Å². The Balaban J connectivity index is 1.91. The minimum Gasteiger partial charge on any atom is -0.399 e. The van der Waals surface area contributed by atoms with Gasteiger partial charge in [-0.2, -0.15) is 0 Å². The standard InChI is InChI=1S/C14H14FN3O2S/c15-12-2-1-7-17-14(12)21(19,20)18-13-6-3-9-8-10(16)4-5-11(9)13/h1-2,4-5,7-8,13,18H,3,6,16H2. The fourth-order valence-corrected chi connectivity index (χ4v) is 3.83. The van der Waals surface area contributed by atoms with E-state index in [4.69, 9.17) is 5.73 Å². The maximum Gasteiger partial charge on any atom is 0.261 e. The van der Waals surface area contributed by atoms with Crippen LogP contribution in [0.5, 0.6) is 0 Å². The van der Waals surface area contributed by atoms with Crippen LogP contribution in [0.1, 0.15) is 23.6 Å². The van der Waals surface area contributed by atoms with Crippen LogP contribution in [0.15, 0.2) is 41.6 Å². The molecule has 110 valence electrons. The van der Waals surface area contributed by atoms with Crippen LogP contribution in [0.25, 0.3) is 0 Å². The number of benzene rings is 1. The lowest BCUT2D eigenvalue weighted by Crippen LogP contribution is -2.28. The SMILES string of the molecule is Nc1ccc2c(c1)CCC2NS(=O)(=O)c1ncccc1F. The molecule has 0 saturated carbocycles. The second-order valence-corrected chi connectivity index (χ2v) is 6.59. The lowest BCUT2D eigenvalue weighted by Gasteiger charge is -2.14. The van der Waals surface area contributed by atoms with Crippen LogP contribution in [0.4, 0.5) is 10.1 Å². The van der Waals surface area contributed by atoms with Gasteiger partial charge in [0, 0.05) is 17.9 Å². The third-order valence-electron chi connectivity index (χ3n) is 3.52. The van der Waals surface area contributed by atoms with Gasteiger partial charge >= 0.3 is 0 Å². The molecule has 0 aliphatic heterocycles. The van der Waals surface area contributed by atoms with E-state index in [1.54, 1.807) is 12.1 Å². The number of hydrogen-bond donors (Lipinski definition) is 2. The predicted molar refractivity (Wildman–Crippen MR) is 76.4 cm³/mol. The van der Waals surface area contributed by atoms with E-state index < -0.39 is 20.9 Å². The molecule has 21 heavy (non-hydrogen) atoms. The Morgan fingerprint density at radius 1 is 1.33 bits per heavy atom. The molecule has 1 aliphatic carbocycles. The van der Waals surface area contributed by atoms with Crippen molar-refractivity contribution in [1.82, 2.24) is 9.71 Å². The number of fused-ring (bicyclic) bond motifs is 1. The van der Waals surface area contributed by atoms with Gasteiger partial charge in [0.15, 0.2) is 5.82 Å². The van der Waals surface area contributed by atoms with Crippen LogP contribution >= 0.6 is 0 Å². The topological polar surface area (TPSA) is 85.1 Å². The van der Waals surface area contributed by atoms with Crippen LogP contribution in [0.2, 0.25) is 0 Å². The van der Waals surface area contributed by atoms with Crippen molar-refractivity contribution in [1.29, 1.82) is 0 Å². The smallest absolute Gasteiger partial charge is 0.261 e. The van der Waals surface area contributed by atoms with E-state index in [1.807, 2.05) is 6.07 Å². The number of aryl methyl sites for hydroxylation is 1. The monoisotopic (exact) mass is 307 g/mol. The van der Waals surface area contributed by atoms with Crippen molar-refractivity contribution in [2.45, 2.75) is 23.9 Å². The highest BCUT2D eigenvalue weighted by Gasteiger charge is 2.29. The molecule has 5 nitrogen and oxygen atoms in total. The Bertz CT molecular complexity index is 793. The second kappa shape index (κ2) is 5.09. The van der Waals surface area contributed by atoms with Gasteiger partial charge in [-0.1, -0.05) is 6.07 Å². The number of anilines is 1. The number of nitrogens with zero attached hydrogens (tertiary/aromatic N) is 1. The molecule has 1 heterocycles. The fraction of sp³-hybridized carbons (Fsp3) is 0.214. The third-order valence-corrected chi connectivity index (χ3v) is 4.93. The summed E-state index contributed by atoms with van der Waals surface area (Å²) in [7, 11) is -3.99. The van der Waals surface area contributed by atoms with Gasteiger partial charge < -0.3 is 5.73 Å². The maximum atomic E-state index is 13.6. The lowest BCUT2D eigenvalue weighted by molar-refractivity contribution is 0.528. The highest BCUT2D eigenvalue weighted by atomic mass is 32.2. The van der Waals surface area contributed by atoms with E-state index in [1.165, 1.54) is 12.3 Å². The van der Waals surface area contributed by atoms with Gasteiger partial charge in [-0.25, -0.2) is 22.5 Å². The van der Waals surface area contributed by atoms with Crippen LogP contribution in [0, 0.1) is 5.82 Å². The summed E-state index contributed by atoms with van der Waals surface area (Å²) in [6.07, 6.45) is 2.60. The van der Waals surface area contributed by atoms with Crippen molar-refractivity contribution >= 4 is 15.7 Å². The molecule has 2 aromatic rings. The summed E-state index contributed by atoms with van der Waals surface area (Å²) in [4.78, 5) is 3.62. The Morgan fingerprint density at radius 2 is 2.14 bits per heavy atom. The molecule has 7 heteroatoms. The first kappa shape index (κ1) is 14.0. The van der Waals surface area contributed by atoms with Crippen molar-refractivity contribution < 1.29 is 12.8 Å². The molecular formula is C14H14FN3O2S. The van der Waals surface area contributed by atoms with E-state index in [-0.39, 0.29) is 6.04 Å². The van der Waals surface area contributed by atoms with E-state index in [0.29, 0.717) is 12.1 Å². The number of rotatable bonds is 3. The summed E-state index contributed by atoms with van der Waals surface area (Å²) in [5.74, 6) is -0.861. The van der Waals surface area contributed by atoms with Crippen molar-refractivity contribution in [3.8, 4) is 0 Å². The molecule has 1 aromatic carbocycles. The van der Waals surface area contributed by atoms with E-state index in [0.717, 1.165) is 23.6 Å². The van der Waals surface area contributed by atoms with Gasteiger partial charge in [0.1, 0.15) is 0 Å². The molecule has 0 radical (unpaired) electrons. The first-order chi connectivity index (χ1) is 9.97. The highest BCUT2D eigenvalue weighted by molar-refractivity contribution is 7.89. The molecular weight excluding hydrogens is 293 g/mol. The molecule has 0 amide bonds. The molecule has 1 atom stereocenters. The number of sulfonamides is 1. The molecule has 1 unspecified atom stereocenters. The highest BCUT2D eigenvalue weighted by Crippen LogP contribution is 2.33. The van der Waals surface area contributed by atoms with Crippen molar-refractivity contribution in [2.75, 3.05) is 5.73 Å². The Kier molecular flexibility index (Phi) is 3.38. The van der Waals surface area contributed by atoms with Crippen LogP contribution in [0.3, 0.4) is 0 Å². The summed E-state index contributed by atoms with van der Waals surface area (Å²) in [6, 6.07) is 7.41. The fourth-order valence-electron chi connectivity index (χ4n) is 2.57. The van der Waals surface area contributed by atoms with Crippen molar-refractivity contribution in [3.05, 3.63) is 53.5 Å². The average Bonchev–Trinajstić information content (AvgIpc) is 2.80. The number of nitrogens with two attached hydrogens (primary N) is 1. The van der Waals surface area contributed by atoms with Crippen LogP contribution < -0.4 is 10.5 Å². The number of nitrogens with one attached hydrogen (secondary N) is 1. The van der Waals surface area contributed by atoms with Crippen molar-refractivity contribution in [3.63, 3.8) is 0 Å². The third kappa shape index (κ3) is 2.62. The van der Waals surface area contributed by atoms with Gasteiger partial charge in [-0.05, 0) is 48.2 Å². The van der Waals surface area contributed by atoms with E-state index >= 15 is 0 Å². The number of halogens is 1. The normalized spacial score (nSPS) is 17.7. The first-order valence-electron chi connectivity index (χ1n) is 6.48. The van der Waals surface area contributed by atoms with Crippen LogP contribution in [-0.4, -0.2) is 13.4 Å². The molecule has 1 aromatic heterocycles. The maximum absolute atomic E-state index is 13.6. The molecule has 3 N–H and O–H groups in total. The lowest BCUT2D eigenvalue weighted by atomic mass is 10.1. The molecule has 0 bridgehead atoms. The van der Waals surface area contributed by atoms with Gasteiger partial charge in [-0.3, -0.25) is 0 Å². The largest absolute Gasteiger partial charge is 0.399 e. The number of pyridine rings is 1. The van der Waals surface area contributed by atoms with E-state index in [2.05, 4.69) is 9.71 Å². The molecule has 0 spiro atoms. The molecule has 0 fully saturated rings. The summed E-state index contributed by atoms with van der Waals surface area (Å²) >= 11 is 0. The number of hydrogen-bond acceptors (Lipinski definition) is 4. The zero-order valence-corrected chi connectivity index (χ0v) is 11.9. The van der Waals surface area contributed by atoms with Gasteiger partial charge in [0.2, 0.25) is 5.03 Å². The van der Waals surface area contributed by atoms with Crippen LogP contribution in [-0.2, 0) is 16.4 Å². The van der Waals surface area contributed by atoms with Gasteiger partial charge in [0.05, 0.1) is 0 Å². The molecule has 0 saturated heterocycles.